The number of pyridine rings is 1. The highest BCUT2D eigenvalue weighted by Crippen LogP contribution is 2.36. The number of benzene rings is 1. The molecule has 0 N–H and O–H groups in total. The maximum Gasteiger partial charge on any atom is 0.256 e. The lowest BCUT2D eigenvalue weighted by atomic mass is 9.79. The van der Waals surface area contributed by atoms with Gasteiger partial charge in [0.05, 0.1) is 24.3 Å². The Bertz CT molecular complexity index is 861. The number of carbonyl (C=O) groups excluding carboxylic acids is 1. The minimum absolute atomic E-state index is 0.0668. The van der Waals surface area contributed by atoms with Crippen LogP contribution in [0.25, 0.3) is 10.9 Å². The van der Waals surface area contributed by atoms with Crippen LogP contribution in [0.15, 0.2) is 36.5 Å². The third kappa shape index (κ3) is 3.65. The van der Waals surface area contributed by atoms with Gasteiger partial charge in [0.2, 0.25) is 0 Å². The average Bonchev–Trinajstić information content (AvgIpc) is 3.56. The summed E-state index contributed by atoms with van der Waals surface area (Å²) in [6.07, 6.45) is 6.72. The molecule has 1 atom stereocenters. The third-order valence-electron chi connectivity index (χ3n) is 6.54. The highest BCUT2D eigenvalue weighted by atomic mass is 16.5. The zero-order valence-electron chi connectivity index (χ0n) is 16.5. The fourth-order valence-electron chi connectivity index (χ4n) is 4.98. The van der Waals surface area contributed by atoms with Crippen LogP contribution in [-0.2, 0) is 4.74 Å². The summed E-state index contributed by atoms with van der Waals surface area (Å²) in [5.74, 6) is 1.000. The first-order valence-electron chi connectivity index (χ1n) is 10.7. The SMILES string of the molecule is O=C(c1cccc2cccnc12)N1CCC[C@@]2(COCCN(CC3CC3)C2)C1. The number of aromatic nitrogens is 1. The van der Waals surface area contributed by atoms with Crippen LogP contribution in [0.3, 0.4) is 0 Å². The van der Waals surface area contributed by atoms with Crippen molar-refractivity contribution in [2.24, 2.45) is 11.3 Å². The number of fused-ring (bicyclic) bond motifs is 1. The summed E-state index contributed by atoms with van der Waals surface area (Å²) in [4.78, 5) is 22.6. The van der Waals surface area contributed by atoms with Gasteiger partial charge in [0.15, 0.2) is 0 Å². The number of rotatable bonds is 3. The molecule has 2 aliphatic heterocycles. The van der Waals surface area contributed by atoms with Crippen molar-refractivity contribution in [2.45, 2.75) is 25.7 Å². The first kappa shape index (κ1) is 18.1. The highest BCUT2D eigenvalue weighted by Gasteiger charge is 2.41. The van der Waals surface area contributed by atoms with Gasteiger partial charge in [-0.1, -0.05) is 18.2 Å². The molecule has 0 unspecified atom stereocenters. The third-order valence-corrected chi connectivity index (χ3v) is 6.54. The topological polar surface area (TPSA) is 45.7 Å². The summed E-state index contributed by atoms with van der Waals surface area (Å²) >= 11 is 0. The van der Waals surface area contributed by atoms with Crippen molar-refractivity contribution in [3.05, 3.63) is 42.1 Å². The normalized spacial score (nSPS) is 26.5. The molecule has 3 heterocycles. The van der Waals surface area contributed by atoms with Crippen LogP contribution in [0.4, 0.5) is 0 Å². The lowest BCUT2D eigenvalue weighted by Gasteiger charge is -2.43. The van der Waals surface area contributed by atoms with E-state index in [1.807, 2.05) is 30.3 Å². The number of hydrogen-bond donors (Lipinski definition) is 0. The zero-order valence-corrected chi connectivity index (χ0v) is 16.5. The molecule has 0 radical (unpaired) electrons. The predicted molar refractivity (Wildman–Crippen MR) is 109 cm³/mol. The van der Waals surface area contributed by atoms with Crippen molar-refractivity contribution in [2.75, 3.05) is 45.9 Å². The minimum Gasteiger partial charge on any atom is -0.379 e. The molecule has 5 nitrogen and oxygen atoms in total. The molecule has 3 fully saturated rings. The molecule has 1 spiro atoms. The van der Waals surface area contributed by atoms with E-state index in [-0.39, 0.29) is 11.3 Å². The van der Waals surface area contributed by atoms with E-state index in [9.17, 15) is 4.79 Å². The van der Waals surface area contributed by atoms with Gasteiger partial charge in [-0.15, -0.1) is 0 Å². The van der Waals surface area contributed by atoms with Crippen LogP contribution >= 0.6 is 0 Å². The average molecular weight is 380 g/mol. The van der Waals surface area contributed by atoms with E-state index in [4.69, 9.17) is 4.74 Å². The standard InChI is InChI=1S/C23H29N3O2/c27-22(20-6-1-4-19-5-2-10-24-21(19)20)26-11-3-9-23(16-26)15-25(12-13-28-17-23)14-18-7-8-18/h1-2,4-6,10,18H,3,7-9,11-17H2/t23-/m0/s1. The van der Waals surface area contributed by atoms with Crippen LogP contribution in [0, 0.1) is 11.3 Å². The van der Waals surface area contributed by atoms with E-state index < -0.39 is 0 Å². The van der Waals surface area contributed by atoms with Gasteiger partial charge in [-0.25, -0.2) is 0 Å². The molecule has 0 bridgehead atoms. The van der Waals surface area contributed by atoms with Crippen LogP contribution < -0.4 is 0 Å². The van der Waals surface area contributed by atoms with Gasteiger partial charge in [0.1, 0.15) is 0 Å². The summed E-state index contributed by atoms with van der Waals surface area (Å²) in [7, 11) is 0. The number of para-hydroxylation sites is 1. The molecule has 1 aromatic carbocycles. The molecule has 1 aromatic heterocycles. The Morgan fingerprint density at radius 3 is 2.96 bits per heavy atom. The molecule has 2 saturated heterocycles. The van der Waals surface area contributed by atoms with Crippen molar-refractivity contribution < 1.29 is 9.53 Å². The Morgan fingerprint density at radius 2 is 2.07 bits per heavy atom. The second kappa shape index (κ2) is 7.45. The largest absolute Gasteiger partial charge is 0.379 e. The van der Waals surface area contributed by atoms with Gasteiger partial charge in [-0.3, -0.25) is 9.78 Å². The Kier molecular flexibility index (Phi) is 4.81. The maximum absolute atomic E-state index is 13.4. The van der Waals surface area contributed by atoms with Gasteiger partial charge in [-0.2, -0.15) is 0 Å². The van der Waals surface area contributed by atoms with E-state index in [2.05, 4.69) is 14.8 Å². The Balaban J connectivity index is 1.37. The quantitative estimate of drug-likeness (QED) is 0.822. The van der Waals surface area contributed by atoms with E-state index in [0.29, 0.717) is 0 Å². The summed E-state index contributed by atoms with van der Waals surface area (Å²) in [6, 6.07) is 9.84. The van der Waals surface area contributed by atoms with Crippen molar-refractivity contribution in [1.29, 1.82) is 0 Å². The van der Waals surface area contributed by atoms with Crippen LogP contribution in [0.1, 0.15) is 36.0 Å². The summed E-state index contributed by atoms with van der Waals surface area (Å²) in [5.41, 5.74) is 1.60. The van der Waals surface area contributed by atoms with Crippen LogP contribution in [0.5, 0.6) is 0 Å². The van der Waals surface area contributed by atoms with Gasteiger partial charge in [-0.05, 0) is 43.7 Å². The Hall–Kier alpha value is -1.98. The van der Waals surface area contributed by atoms with Crippen molar-refractivity contribution in [1.82, 2.24) is 14.8 Å². The molecular weight excluding hydrogens is 350 g/mol. The highest BCUT2D eigenvalue weighted by molar-refractivity contribution is 6.05. The smallest absolute Gasteiger partial charge is 0.256 e. The van der Waals surface area contributed by atoms with Crippen molar-refractivity contribution in [3.63, 3.8) is 0 Å². The summed E-state index contributed by atoms with van der Waals surface area (Å²) in [6.45, 7) is 6.48. The summed E-state index contributed by atoms with van der Waals surface area (Å²) in [5, 5.41) is 1.02. The van der Waals surface area contributed by atoms with Crippen LogP contribution in [0.2, 0.25) is 0 Å². The number of ether oxygens (including phenoxy) is 1. The molecule has 2 aromatic rings. The first-order chi connectivity index (χ1) is 13.7. The second-order valence-electron chi connectivity index (χ2n) is 8.94. The first-order valence-corrected chi connectivity index (χ1v) is 10.7. The predicted octanol–water partition coefficient (Wildman–Crippen LogP) is 3.20. The van der Waals surface area contributed by atoms with Gasteiger partial charge in [0, 0.05) is 49.7 Å². The second-order valence-corrected chi connectivity index (χ2v) is 8.94. The van der Waals surface area contributed by atoms with Crippen molar-refractivity contribution in [3.8, 4) is 0 Å². The number of hydrogen-bond acceptors (Lipinski definition) is 4. The molecule has 5 rings (SSSR count). The Morgan fingerprint density at radius 1 is 1.18 bits per heavy atom. The van der Waals surface area contributed by atoms with Crippen molar-refractivity contribution >= 4 is 16.8 Å². The molecule has 28 heavy (non-hydrogen) atoms. The number of carbonyl (C=O) groups is 1. The van der Waals surface area contributed by atoms with E-state index in [0.717, 1.165) is 74.6 Å². The molecular formula is C23H29N3O2. The number of amides is 1. The van der Waals surface area contributed by atoms with E-state index in [1.54, 1.807) is 6.20 Å². The molecule has 1 saturated carbocycles. The lowest BCUT2D eigenvalue weighted by Crippen LogP contribution is -2.52. The van der Waals surface area contributed by atoms with Gasteiger partial charge >= 0.3 is 0 Å². The fraction of sp³-hybridized carbons (Fsp3) is 0.565. The van der Waals surface area contributed by atoms with Gasteiger partial charge < -0.3 is 14.5 Å². The number of likely N-dealkylation sites (tertiary alicyclic amines) is 1. The fourth-order valence-corrected chi connectivity index (χ4v) is 4.98. The monoisotopic (exact) mass is 379 g/mol. The molecule has 148 valence electrons. The molecule has 1 amide bonds. The Labute approximate surface area is 166 Å². The van der Waals surface area contributed by atoms with Gasteiger partial charge in [0.25, 0.3) is 5.91 Å². The molecule has 5 heteroatoms. The summed E-state index contributed by atoms with van der Waals surface area (Å²) < 4.78 is 6.03. The minimum atomic E-state index is 0.0668. The number of nitrogens with zero attached hydrogens (tertiary/aromatic N) is 3. The molecule has 1 aliphatic carbocycles. The maximum atomic E-state index is 13.4. The number of piperidine rings is 1. The molecule has 3 aliphatic rings. The van der Waals surface area contributed by atoms with E-state index in [1.165, 1.54) is 19.4 Å². The lowest BCUT2D eigenvalue weighted by molar-refractivity contribution is 0.00725. The van der Waals surface area contributed by atoms with Crippen LogP contribution in [-0.4, -0.2) is 66.6 Å². The van der Waals surface area contributed by atoms with E-state index >= 15 is 0 Å². The zero-order chi connectivity index (χ0) is 19.0.